The number of amides is 1. The van der Waals surface area contributed by atoms with Crippen LogP contribution < -0.4 is 10.9 Å². The first-order valence-electron chi connectivity index (χ1n) is 7.63. The Morgan fingerprint density at radius 3 is 2.67 bits per heavy atom. The minimum absolute atomic E-state index is 0.112. The Morgan fingerprint density at radius 1 is 1.21 bits per heavy atom. The first kappa shape index (κ1) is 16.6. The molecule has 0 fully saturated rings. The lowest BCUT2D eigenvalue weighted by molar-refractivity contribution is 0.0935. The van der Waals surface area contributed by atoms with Crippen LogP contribution in [0.5, 0.6) is 0 Å². The number of hydrogen-bond donors (Lipinski definition) is 1. The Morgan fingerprint density at radius 2 is 2.00 bits per heavy atom. The van der Waals surface area contributed by atoms with Crippen LogP contribution in [-0.2, 0) is 6.54 Å². The van der Waals surface area contributed by atoms with E-state index in [4.69, 9.17) is 0 Å². The second kappa shape index (κ2) is 7.55. The van der Waals surface area contributed by atoms with E-state index in [2.05, 4.69) is 10.4 Å². The number of rotatable bonds is 6. The summed E-state index contributed by atoms with van der Waals surface area (Å²) in [6.45, 7) is 2.33. The molecule has 3 rings (SSSR count). The molecule has 0 unspecified atom stereocenters. The highest BCUT2D eigenvalue weighted by Crippen LogP contribution is 2.21. The van der Waals surface area contributed by atoms with Crippen molar-refractivity contribution in [2.24, 2.45) is 0 Å². The number of carbonyl (C=O) groups excluding carboxylic acids is 1. The maximum Gasteiger partial charge on any atom is 0.266 e. The van der Waals surface area contributed by atoms with E-state index in [-0.39, 0.29) is 17.5 Å². The Bertz CT molecular complexity index is 854. The summed E-state index contributed by atoms with van der Waals surface area (Å²) in [6, 6.07) is 10.7. The number of nitrogens with one attached hydrogen (secondary N) is 1. The Kier molecular flexibility index (Phi) is 5.22. The molecule has 3 aromatic heterocycles. The number of thiophene rings is 2. The topological polar surface area (TPSA) is 64.0 Å². The molecule has 0 bridgehead atoms. The molecule has 0 saturated heterocycles. The highest BCUT2D eigenvalue weighted by molar-refractivity contribution is 7.13. The first-order valence-corrected chi connectivity index (χ1v) is 9.39. The SMILES string of the molecule is CC[C@@H](Cn1nc(-c2cccs2)ccc1=O)NC(=O)c1cccs1. The van der Waals surface area contributed by atoms with Gasteiger partial charge in [0, 0.05) is 12.1 Å². The van der Waals surface area contributed by atoms with Crippen LogP contribution in [0, 0.1) is 0 Å². The molecule has 3 aromatic rings. The van der Waals surface area contributed by atoms with Gasteiger partial charge in [0.2, 0.25) is 0 Å². The van der Waals surface area contributed by atoms with Gasteiger partial charge in [-0.05, 0) is 35.4 Å². The highest BCUT2D eigenvalue weighted by atomic mass is 32.1. The van der Waals surface area contributed by atoms with E-state index >= 15 is 0 Å². The van der Waals surface area contributed by atoms with Gasteiger partial charge >= 0.3 is 0 Å². The van der Waals surface area contributed by atoms with Crippen LogP contribution in [0.25, 0.3) is 10.6 Å². The predicted molar refractivity (Wildman–Crippen MR) is 97.7 cm³/mol. The van der Waals surface area contributed by atoms with Crippen molar-refractivity contribution >= 4 is 28.6 Å². The number of nitrogens with zero attached hydrogens (tertiary/aromatic N) is 2. The molecule has 0 aliphatic heterocycles. The van der Waals surface area contributed by atoms with Gasteiger partial charge in [-0.1, -0.05) is 19.1 Å². The number of hydrogen-bond acceptors (Lipinski definition) is 5. The summed E-state index contributed by atoms with van der Waals surface area (Å²) in [7, 11) is 0. The quantitative estimate of drug-likeness (QED) is 0.735. The average Bonchev–Trinajstić information content (AvgIpc) is 3.29. The Balaban J connectivity index is 1.77. The van der Waals surface area contributed by atoms with E-state index < -0.39 is 0 Å². The maximum atomic E-state index is 12.2. The zero-order chi connectivity index (χ0) is 16.9. The van der Waals surface area contributed by atoms with Crippen LogP contribution in [0.15, 0.2) is 52.0 Å². The zero-order valence-corrected chi connectivity index (χ0v) is 14.8. The van der Waals surface area contributed by atoms with E-state index in [1.165, 1.54) is 22.1 Å². The molecular weight excluding hydrogens is 342 g/mol. The molecule has 24 heavy (non-hydrogen) atoms. The van der Waals surface area contributed by atoms with E-state index in [0.29, 0.717) is 17.8 Å². The van der Waals surface area contributed by atoms with E-state index in [9.17, 15) is 9.59 Å². The van der Waals surface area contributed by atoms with Crippen molar-refractivity contribution in [3.05, 3.63) is 62.4 Å². The minimum Gasteiger partial charge on any atom is -0.347 e. The van der Waals surface area contributed by atoms with Crippen LogP contribution in [-0.4, -0.2) is 21.7 Å². The summed E-state index contributed by atoms with van der Waals surface area (Å²) in [6.07, 6.45) is 0.717. The molecule has 0 spiro atoms. The van der Waals surface area contributed by atoms with Crippen molar-refractivity contribution in [2.75, 3.05) is 0 Å². The zero-order valence-electron chi connectivity index (χ0n) is 13.1. The monoisotopic (exact) mass is 359 g/mol. The molecule has 7 heteroatoms. The van der Waals surface area contributed by atoms with Gasteiger partial charge in [0.1, 0.15) is 5.69 Å². The van der Waals surface area contributed by atoms with Crippen LogP contribution >= 0.6 is 22.7 Å². The fourth-order valence-electron chi connectivity index (χ4n) is 2.29. The van der Waals surface area contributed by atoms with Crippen LogP contribution in [0.1, 0.15) is 23.0 Å². The standard InChI is InChI=1S/C17H17N3O2S2/c1-2-12(18-17(22)15-6-4-10-24-15)11-20-16(21)8-7-13(19-20)14-5-3-9-23-14/h3-10,12H,2,11H2,1H3,(H,18,22)/t12-/m0/s1. The first-order chi connectivity index (χ1) is 11.7. The normalized spacial score (nSPS) is 12.0. The summed E-state index contributed by atoms with van der Waals surface area (Å²) in [5, 5.41) is 11.3. The summed E-state index contributed by atoms with van der Waals surface area (Å²) < 4.78 is 1.43. The molecule has 0 radical (unpaired) electrons. The fourth-order valence-corrected chi connectivity index (χ4v) is 3.60. The van der Waals surface area contributed by atoms with Gasteiger partial charge in [-0.2, -0.15) is 5.10 Å². The van der Waals surface area contributed by atoms with Crippen LogP contribution in [0.3, 0.4) is 0 Å². The van der Waals surface area contributed by atoms with Gasteiger partial charge in [-0.15, -0.1) is 22.7 Å². The summed E-state index contributed by atoms with van der Waals surface area (Å²) in [5.74, 6) is -0.112. The van der Waals surface area contributed by atoms with Crippen LogP contribution in [0.4, 0.5) is 0 Å². The molecule has 124 valence electrons. The fraction of sp³-hybridized carbons (Fsp3) is 0.235. The van der Waals surface area contributed by atoms with E-state index in [1.807, 2.05) is 35.9 Å². The third kappa shape index (κ3) is 3.80. The number of carbonyl (C=O) groups is 1. The lowest BCUT2D eigenvalue weighted by atomic mass is 10.2. The predicted octanol–water partition coefficient (Wildman–Crippen LogP) is 3.24. The third-order valence-electron chi connectivity index (χ3n) is 3.61. The van der Waals surface area contributed by atoms with Gasteiger partial charge < -0.3 is 5.32 Å². The molecule has 3 heterocycles. The lowest BCUT2D eigenvalue weighted by Crippen LogP contribution is -2.40. The molecule has 0 saturated carbocycles. The van der Waals surface area contributed by atoms with Crippen molar-refractivity contribution < 1.29 is 4.79 Å². The largest absolute Gasteiger partial charge is 0.347 e. The smallest absolute Gasteiger partial charge is 0.266 e. The summed E-state index contributed by atoms with van der Waals surface area (Å²) in [5.41, 5.74) is 0.600. The molecule has 0 aromatic carbocycles. The van der Waals surface area contributed by atoms with E-state index in [0.717, 1.165) is 10.6 Å². The Hall–Kier alpha value is -2.25. The summed E-state index contributed by atoms with van der Waals surface area (Å²) in [4.78, 5) is 26.0. The van der Waals surface area contributed by atoms with Crippen molar-refractivity contribution in [1.29, 1.82) is 0 Å². The summed E-state index contributed by atoms with van der Waals surface area (Å²) >= 11 is 2.98. The van der Waals surface area contributed by atoms with Crippen molar-refractivity contribution in [3.63, 3.8) is 0 Å². The highest BCUT2D eigenvalue weighted by Gasteiger charge is 2.15. The van der Waals surface area contributed by atoms with Gasteiger partial charge in [-0.3, -0.25) is 9.59 Å². The molecular formula is C17H17N3O2S2. The second-order valence-corrected chi connectivity index (χ2v) is 7.17. The molecule has 0 aliphatic rings. The average molecular weight is 359 g/mol. The molecule has 5 nitrogen and oxygen atoms in total. The van der Waals surface area contributed by atoms with Gasteiger partial charge in [0.05, 0.1) is 16.3 Å². The second-order valence-electron chi connectivity index (χ2n) is 5.27. The molecule has 0 aliphatic carbocycles. The van der Waals surface area contributed by atoms with Crippen molar-refractivity contribution in [1.82, 2.24) is 15.1 Å². The van der Waals surface area contributed by atoms with E-state index in [1.54, 1.807) is 23.5 Å². The van der Waals surface area contributed by atoms with Gasteiger partial charge in [-0.25, -0.2) is 4.68 Å². The maximum absolute atomic E-state index is 12.2. The van der Waals surface area contributed by atoms with Crippen LogP contribution in [0.2, 0.25) is 0 Å². The van der Waals surface area contributed by atoms with Crippen molar-refractivity contribution in [2.45, 2.75) is 25.9 Å². The minimum atomic E-state index is -0.167. The van der Waals surface area contributed by atoms with Gasteiger partial charge in [0.15, 0.2) is 0 Å². The Labute approximate surface area is 147 Å². The third-order valence-corrected chi connectivity index (χ3v) is 5.37. The molecule has 1 amide bonds. The molecule has 1 N–H and O–H groups in total. The number of aromatic nitrogens is 2. The van der Waals surface area contributed by atoms with Gasteiger partial charge in [0.25, 0.3) is 11.5 Å². The molecule has 1 atom stereocenters. The van der Waals surface area contributed by atoms with Crippen molar-refractivity contribution in [3.8, 4) is 10.6 Å². The lowest BCUT2D eigenvalue weighted by Gasteiger charge is -2.17.